The molecule has 0 atom stereocenters. The van der Waals surface area contributed by atoms with Gasteiger partial charge >= 0.3 is 0 Å². The molecule has 0 saturated heterocycles. The predicted octanol–water partition coefficient (Wildman–Crippen LogP) is 4.01. The van der Waals surface area contributed by atoms with E-state index in [0.29, 0.717) is 37.1 Å². The summed E-state index contributed by atoms with van der Waals surface area (Å²) in [6.45, 7) is 2.29. The molecule has 1 fully saturated rings. The predicted molar refractivity (Wildman–Crippen MR) is 115 cm³/mol. The molecular weight excluding hydrogens is 419 g/mol. The van der Waals surface area contributed by atoms with Crippen LogP contribution in [0, 0.1) is 22.7 Å². The minimum Gasteiger partial charge on any atom is -0.474 e. The minimum absolute atomic E-state index is 0.145. The fourth-order valence-corrected chi connectivity index (χ4v) is 3.91. The topological polar surface area (TPSA) is 97.9 Å². The van der Waals surface area contributed by atoms with Crippen molar-refractivity contribution in [1.82, 2.24) is 14.9 Å². The van der Waals surface area contributed by atoms with Gasteiger partial charge in [-0.15, -0.1) is 0 Å². The number of nitrogens with one attached hydrogen (secondary N) is 1. The number of aromatic nitrogens is 2. The van der Waals surface area contributed by atoms with Crippen LogP contribution in [0.25, 0.3) is 0 Å². The third kappa shape index (κ3) is 5.41. The van der Waals surface area contributed by atoms with Crippen molar-refractivity contribution < 1.29 is 9.13 Å². The standard InChI is InChI=1S/C21H21ClN6O.CH3F/c22-20-17(10-24)18-13-28(9-6-16(18)21(27-20)25-8-7-23)12-14-4-5-19(26-11-14)29-15-2-1-3-15;1-2/h4-5,11,15H,1-3,6,8-9,12-13H2,(H,25,27);1H3. The SMILES string of the molecule is CF.N#CCNc1nc(Cl)c(C#N)c2c1CCN(Cc1ccc(OC3CCC3)nc1)C2. The van der Waals surface area contributed by atoms with Gasteiger partial charge in [0.2, 0.25) is 5.88 Å². The first-order valence-corrected chi connectivity index (χ1v) is 10.5. The van der Waals surface area contributed by atoms with Crippen molar-refractivity contribution >= 4 is 17.4 Å². The van der Waals surface area contributed by atoms with E-state index in [4.69, 9.17) is 21.6 Å². The molecule has 3 heterocycles. The largest absolute Gasteiger partial charge is 0.474 e. The summed E-state index contributed by atoms with van der Waals surface area (Å²) < 4.78 is 15.3. The number of hydrogen-bond acceptors (Lipinski definition) is 7. The molecule has 0 bridgehead atoms. The van der Waals surface area contributed by atoms with Crippen molar-refractivity contribution in [1.29, 1.82) is 10.5 Å². The number of pyridine rings is 2. The fourth-order valence-electron chi connectivity index (χ4n) is 3.67. The van der Waals surface area contributed by atoms with Gasteiger partial charge in [-0.2, -0.15) is 10.5 Å². The minimum atomic E-state index is 0.145. The zero-order chi connectivity index (χ0) is 22.2. The van der Waals surface area contributed by atoms with E-state index in [1.165, 1.54) is 6.42 Å². The molecule has 2 aliphatic rings. The van der Waals surface area contributed by atoms with E-state index in [1.807, 2.05) is 24.4 Å². The van der Waals surface area contributed by atoms with Gasteiger partial charge in [-0.1, -0.05) is 17.7 Å². The Kier molecular flexibility index (Phi) is 8.00. The van der Waals surface area contributed by atoms with Crippen LogP contribution in [0.4, 0.5) is 10.2 Å². The molecule has 4 rings (SSSR count). The molecule has 1 aliphatic heterocycles. The van der Waals surface area contributed by atoms with Gasteiger partial charge in [0.1, 0.15) is 29.7 Å². The smallest absolute Gasteiger partial charge is 0.213 e. The number of anilines is 1. The van der Waals surface area contributed by atoms with Crippen LogP contribution in [-0.2, 0) is 19.5 Å². The van der Waals surface area contributed by atoms with Gasteiger partial charge in [0.05, 0.1) is 18.8 Å². The Hall–Kier alpha value is -2.94. The highest BCUT2D eigenvalue weighted by molar-refractivity contribution is 6.30. The fraction of sp³-hybridized carbons (Fsp3) is 0.455. The normalized spacial score (nSPS) is 15.4. The third-order valence-electron chi connectivity index (χ3n) is 5.42. The maximum atomic E-state index is 9.56. The van der Waals surface area contributed by atoms with Gasteiger partial charge in [0, 0.05) is 37.5 Å². The molecular formula is C22H24ClFN6O. The van der Waals surface area contributed by atoms with Crippen molar-refractivity contribution in [3.63, 3.8) is 0 Å². The van der Waals surface area contributed by atoms with Gasteiger partial charge in [-0.3, -0.25) is 9.29 Å². The van der Waals surface area contributed by atoms with Crippen LogP contribution in [0.2, 0.25) is 5.15 Å². The van der Waals surface area contributed by atoms with E-state index >= 15 is 0 Å². The summed E-state index contributed by atoms with van der Waals surface area (Å²) in [5.41, 5.74) is 3.36. The van der Waals surface area contributed by atoms with Crippen LogP contribution >= 0.6 is 11.6 Å². The lowest BCUT2D eigenvalue weighted by molar-refractivity contribution is 0.114. The average Bonchev–Trinajstić information content (AvgIpc) is 2.77. The Labute approximate surface area is 186 Å². The van der Waals surface area contributed by atoms with E-state index < -0.39 is 0 Å². The van der Waals surface area contributed by atoms with Gasteiger partial charge < -0.3 is 10.1 Å². The highest BCUT2D eigenvalue weighted by atomic mass is 35.5. The second-order valence-electron chi connectivity index (χ2n) is 7.34. The summed E-state index contributed by atoms with van der Waals surface area (Å²) >= 11 is 6.23. The molecule has 0 unspecified atom stereocenters. The number of halogens is 2. The van der Waals surface area contributed by atoms with Crippen LogP contribution < -0.4 is 10.1 Å². The van der Waals surface area contributed by atoms with Crippen LogP contribution in [0.3, 0.4) is 0 Å². The first kappa shape index (κ1) is 22.7. The number of hydrogen-bond donors (Lipinski definition) is 1. The Bertz CT molecular complexity index is 981. The molecule has 2 aromatic rings. The van der Waals surface area contributed by atoms with Crippen LogP contribution in [0.5, 0.6) is 5.88 Å². The number of alkyl halides is 1. The lowest BCUT2D eigenvalue weighted by atomic mass is 9.96. The Morgan fingerprint density at radius 3 is 2.71 bits per heavy atom. The van der Waals surface area contributed by atoms with Crippen molar-refractivity contribution in [3.05, 3.63) is 45.7 Å². The van der Waals surface area contributed by atoms with Crippen molar-refractivity contribution in [2.24, 2.45) is 0 Å². The monoisotopic (exact) mass is 442 g/mol. The van der Waals surface area contributed by atoms with Crippen molar-refractivity contribution in [2.75, 3.05) is 25.6 Å². The Morgan fingerprint density at radius 2 is 2.10 bits per heavy atom. The van der Waals surface area contributed by atoms with Gasteiger partial charge in [-0.05, 0) is 36.8 Å². The van der Waals surface area contributed by atoms with Crippen molar-refractivity contribution in [3.8, 4) is 18.0 Å². The van der Waals surface area contributed by atoms with Crippen LogP contribution in [-0.4, -0.2) is 41.2 Å². The first-order chi connectivity index (χ1) is 15.2. The van der Waals surface area contributed by atoms with Gasteiger partial charge in [0.15, 0.2) is 0 Å². The molecule has 9 heteroatoms. The molecule has 1 N–H and O–H groups in total. The molecule has 31 heavy (non-hydrogen) atoms. The molecule has 0 radical (unpaired) electrons. The summed E-state index contributed by atoms with van der Waals surface area (Å²) in [4.78, 5) is 11.0. The highest BCUT2D eigenvalue weighted by Gasteiger charge is 2.25. The quantitative estimate of drug-likeness (QED) is 0.533. The molecule has 162 valence electrons. The Balaban J connectivity index is 0.00000132. The third-order valence-corrected chi connectivity index (χ3v) is 5.69. The lowest BCUT2D eigenvalue weighted by Crippen LogP contribution is -2.32. The molecule has 0 amide bonds. The number of rotatable bonds is 6. The molecule has 0 spiro atoms. The number of fused-ring (bicyclic) bond motifs is 1. The molecule has 1 aliphatic carbocycles. The maximum Gasteiger partial charge on any atom is 0.213 e. The first-order valence-electron chi connectivity index (χ1n) is 10.1. The number of nitrogens with zero attached hydrogens (tertiary/aromatic N) is 5. The summed E-state index contributed by atoms with van der Waals surface area (Å²) in [5, 5.41) is 21.6. The molecule has 7 nitrogen and oxygen atoms in total. The van der Waals surface area contributed by atoms with E-state index in [9.17, 15) is 9.65 Å². The Morgan fingerprint density at radius 1 is 1.29 bits per heavy atom. The zero-order valence-electron chi connectivity index (χ0n) is 17.4. The van der Waals surface area contributed by atoms with Gasteiger partial charge in [-0.25, -0.2) is 9.97 Å². The van der Waals surface area contributed by atoms with E-state index in [2.05, 4.69) is 26.3 Å². The average molecular weight is 443 g/mol. The summed E-state index contributed by atoms with van der Waals surface area (Å²) in [6, 6.07) is 8.20. The second-order valence-corrected chi connectivity index (χ2v) is 7.70. The summed E-state index contributed by atoms with van der Waals surface area (Å²) in [6.07, 6.45) is 6.36. The van der Waals surface area contributed by atoms with E-state index in [1.54, 1.807) is 0 Å². The molecule has 2 aromatic heterocycles. The van der Waals surface area contributed by atoms with Crippen molar-refractivity contribution in [2.45, 2.75) is 44.9 Å². The molecule has 0 aromatic carbocycles. The number of nitriles is 2. The van der Waals surface area contributed by atoms with E-state index in [0.717, 1.165) is 49.0 Å². The summed E-state index contributed by atoms with van der Waals surface area (Å²) in [5.74, 6) is 1.28. The van der Waals surface area contributed by atoms with Crippen LogP contribution in [0.15, 0.2) is 18.3 Å². The maximum absolute atomic E-state index is 9.56. The number of ether oxygens (including phenoxy) is 1. The summed E-state index contributed by atoms with van der Waals surface area (Å²) in [7, 11) is 0.500. The second kappa shape index (κ2) is 10.9. The highest BCUT2D eigenvalue weighted by Crippen LogP contribution is 2.32. The zero-order valence-corrected chi connectivity index (χ0v) is 18.1. The van der Waals surface area contributed by atoms with Gasteiger partial charge in [0.25, 0.3) is 0 Å². The lowest BCUT2D eigenvalue weighted by Gasteiger charge is -2.30. The van der Waals surface area contributed by atoms with E-state index in [-0.39, 0.29) is 11.7 Å². The molecule has 1 saturated carbocycles. The van der Waals surface area contributed by atoms with Crippen LogP contribution in [0.1, 0.15) is 41.5 Å².